The third kappa shape index (κ3) is 4.01. The Morgan fingerprint density at radius 2 is 1.62 bits per heavy atom. The average molecular weight is 403 g/mol. The number of rotatable bonds is 5. The van der Waals surface area contributed by atoms with Crippen molar-refractivity contribution >= 4 is 28.3 Å². The predicted octanol–water partition coefficient (Wildman–Crippen LogP) is 4.45. The second-order valence-electron chi connectivity index (χ2n) is 6.12. The highest BCUT2D eigenvalue weighted by atomic mass is 19.2. The minimum Gasteiger partial charge on any atom is -0.496 e. The molecule has 0 radical (unpaired) electrons. The molecule has 150 valence electrons. The summed E-state index contributed by atoms with van der Waals surface area (Å²) in [4.78, 5) is 24.8. The Balaban J connectivity index is 1.78. The van der Waals surface area contributed by atoms with Gasteiger partial charge >= 0.3 is 5.97 Å². The normalized spacial score (nSPS) is 11.8. The van der Waals surface area contributed by atoms with Crippen LogP contribution in [-0.4, -0.2) is 25.1 Å². The number of amides is 1. The van der Waals surface area contributed by atoms with Gasteiger partial charge in [-0.05, 0) is 36.6 Å². The third-order valence-electron chi connectivity index (χ3n) is 4.27. The van der Waals surface area contributed by atoms with E-state index in [4.69, 9.17) is 9.47 Å². The van der Waals surface area contributed by atoms with Gasteiger partial charge in [0.05, 0.1) is 18.4 Å². The number of carbonyl (C=O) groups excluding carboxylic acids is 2. The molecule has 0 aliphatic rings. The van der Waals surface area contributed by atoms with Gasteiger partial charge < -0.3 is 14.8 Å². The number of benzene rings is 3. The van der Waals surface area contributed by atoms with Crippen LogP contribution in [0.3, 0.4) is 0 Å². The average Bonchev–Trinajstić information content (AvgIpc) is 2.73. The van der Waals surface area contributed by atoms with Crippen molar-refractivity contribution in [2.75, 3.05) is 12.4 Å². The lowest BCUT2D eigenvalue weighted by Gasteiger charge is -2.15. The monoisotopic (exact) mass is 403 g/mol. The van der Waals surface area contributed by atoms with Crippen LogP contribution < -0.4 is 10.1 Å². The summed E-state index contributed by atoms with van der Waals surface area (Å²) in [5.41, 5.74) is -0.355. The van der Waals surface area contributed by atoms with Crippen molar-refractivity contribution in [1.29, 1.82) is 0 Å². The Hall–Kier alpha value is -3.55. The summed E-state index contributed by atoms with van der Waals surface area (Å²) < 4.78 is 50.4. The van der Waals surface area contributed by atoms with Crippen molar-refractivity contribution in [3.8, 4) is 5.75 Å². The summed E-state index contributed by atoms with van der Waals surface area (Å²) in [7, 11) is 1.50. The summed E-state index contributed by atoms with van der Waals surface area (Å²) in [6, 6.07) is 11.6. The molecule has 0 heterocycles. The molecule has 29 heavy (non-hydrogen) atoms. The largest absolute Gasteiger partial charge is 0.496 e. The first-order valence-electron chi connectivity index (χ1n) is 8.54. The van der Waals surface area contributed by atoms with E-state index in [1.54, 1.807) is 30.3 Å². The zero-order valence-corrected chi connectivity index (χ0v) is 15.5. The van der Waals surface area contributed by atoms with Gasteiger partial charge in [-0.3, -0.25) is 4.79 Å². The molecule has 0 unspecified atom stereocenters. The zero-order chi connectivity index (χ0) is 21.1. The molecule has 1 amide bonds. The maximum atomic E-state index is 13.7. The lowest BCUT2D eigenvalue weighted by atomic mass is 10.0. The van der Waals surface area contributed by atoms with E-state index < -0.39 is 41.1 Å². The van der Waals surface area contributed by atoms with Gasteiger partial charge in [-0.15, -0.1) is 0 Å². The van der Waals surface area contributed by atoms with Gasteiger partial charge in [-0.2, -0.15) is 0 Å². The molecule has 0 spiro atoms. The molecule has 0 aromatic heterocycles. The minimum atomic E-state index is -1.71. The van der Waals surface area contributed by atoms with Crippen molar-refractivity contribution in [2.24, 2.45) is 0 Å². The van der Waals surface area contributed by atoms with E-state index in [-0.39, 0.29) is 5.56 Å². The molecule has 0 fully saturated rings. The maximum absolute atomic E-state index is 13.7. The fourth-order valence-corrected chi connectivity index (χ4v) is 2.76. The number of anilines is 1. The van der Waals surface area contributed by atoms with Crippen LogP contribution in [0.2, 0.25) is 0 Å². The molecular formula is C21H16F3NO4. The molecule has 5 nitrogen and oxygen atoms in total. The number of hydrogen-bond donors (Lipinski definition) is 1. The number of ether oxygens (including phenoxy) is 2. The smallest absolute Gasteiger partial charge is 0.339 e. The first-order chi connectivity index (χ1) is 13.8. The lowest BCUT2D eigenvalue weighted by Crippen LogP contribution is -2.30. The molecule has 0 saturated carbocycles. The molecular weight excluding hydrogens is 387 g/mol. The van der Waals surface area contributed by atoms with Crippen LogP contribution in [0.5, 0.6) is 5.75 Å². The molecule has 8 heteroatoms. The van der Waals surface area contributed by atoms with Gasteiger partial charge in [0.1, 0.15) is 5.75 Å². The SMILES string of the molecule is COc1ccc(C(=O)O[C@@H](C)C(=O)Nc2ccc(F)c(F)c2F)c2ccccc12. The van der Waals surface area contributed by atoms with Crippen LogP contribution in [0.1, 0.15) is 17.3 Å². The Morgan fingerprint density at radius 3 is 2.31 bits per heavy atom. The topological polar surface area (TPSA) is 64.6 Å². The second kappa shape index (κ2) is 8.22. The highest BCUT2D eigenvalue weighted by Crippen LogP contribution is 2.29. The number of hydrogen-bond acceptors (Lipinski definition) is 4. The molecule has 0 bridgehead atoms. The molecule has 0 aliphatic heterocycles. The predicted molar refractivity (Wildman–Crippen MR) is 100 cm³/mol. The fourth-order valence-electron chi connectivity index (χ4n) is 2.76. The third-order valence-corrected chi connectivity index (χ3v) is 4.27. The standard InChI is InChI=1S/C21H16F3NO4/c1-11(20(26)25-16-9-8-15(22)18(23)19(16)24)29-21(27)14-7-10-17(28-2)13-6-4-3-5-12(13)14/h3-11H,1-2H3,(H,25,26)/t11-/m0/s1. The van der Waals surface area contributed by atoms with E-state index in [1.807, 2.05) is 0 Å². The van der Waals surface area contributed by atoms with Crippen LogP contribution in [0, 0.1) is 17.5 Å². The molecule has 3 rings (SSSR count). The number of halogens is 3. The quantitative estimate of drug-likeness (QED) is 0.505. The van der Waals surface area contributed by atoms with Gasteiger partial charge in [0.15, 0.2) is 23.6 Å². The fraction of sp³-hybridized carbons (Fsp3) is 0.143. The van der Waals surface area contributed by atoms with E-state index in [9.17, 15) is 22.8 Å². The van der Waals surface area contributed by atoms with Gasteiger partial charge in [-0.25, -0.2) is 18.0 Å². The van der Waals surface area contributed by atoms with E-state index in [2.05, 4.69) is 5.32 Å². The highest BCUT2D eigenvalue weighted by Gasteiger charge is 2.23. The second-order valence-corrected chi connectivity index (χ2v) is 6.12. The Kier molecular flexibility index (Phi) is 5.72. The first kappa shape index (κ1) is 20.2. The Labute approximate surface area is 164 Å². The van der Waals surface area contributed by atoms with Crippen molar-refractivity contribution < 1.29 is 32.2 Å². The van der Waals surface area contributed by atoms with Crippen molar-refractivity contribution in [3.05, 3.63) is 71.5 Å². The van der Waals surface area contributed by atoms with Crippen molar-refractivity contribution in [2.45, 2.75) is 13.0 Å². The molecule has 0 aliphatic carbocycles. The van der Waals surface area contributed by atoms with Crippen molar-refractivity contribution in [3.63, 3.8) is 0 Å². The van der Waals surface area contributed by atoms with Crippen molar-refractivity contribution in [1.82, 2.24) is 0 Å². The van der Waals surface area contributed by atoms with E-state index in [0.29, 0.717) is 22.6 Å². The van der Waals surface area contributed by atoms with E-state index >= 15 is 0 Å². The van der Waals surface area contributed by atoms with Gasteiger partial charge in [-0.1, -0.05) is 24.3 Å². The molecule has 3 aromatic carbocycles. The number of carbonyl (C=O) groups is 2. The van der Waals surface area contributed by atoms with Crippen LogP contribution in [0.4, 0.5) is 18.9 Å². The van der Waals surface area contributed by atoms with E-state index in [0.717, 1.165) is 6.07 Å². The summed E-state index contributed by atoms with van der Waals surface area (Å²) in [6.07, 6.45) is -1.32. The zero-order valence-electron chi connectivity index (χ0n) is 15.5. The Morgan fingerprint density at radius 1 is 0.931 bits per heavy atom. The summed E-state index contributed by atoms with van der Waals surface area (Å²) in [5, 5.41) is 3.32. The van der Waals surface area contributed by atoms with Crippen LogP contribution in [0.15, 0.2) is 48.5 Å². The number of esters is 1. The molecule has 0 saturated heterocycles. The number of fused-ring (bicyclic) bond motifs is 1. The van der Waals surface area contributed by atoms with Crippen LogP contribution in [-0.2, 0) is 9.53 Å². The van der Waals surface area contributed by atoms with Crippen LogP contribution >= 0.6 is 0 Å². The van der Waals surface area contributed by atoms with Gasteiger partial charge in [0.2, 0.25) is 0 Å². The molecule has 1 atom stereocenters. The number of nitrogens with one attached hydrogen (secondary N) is 1. The molecule has 3 aromatic rings. The number of methoxy groups -OCH3 is 1. The minimum absolute atomic E-state index is 0.208. The maximum Gasteiger partial charge on any atom is 0.339 e. The highest BCUT2D eigenvalue weighted by molar-refractivity contribution is 6.07. The van der Waals surface area contributed by atoms with Gasteiger partial charge in [0.25, 0.3) is 5.91 Å². The molecule has 1 N–H and O–H groups in total. The summed E-state index contributed by atoms with van der Waals surface area (Å²) in [5.74, 6) is -5.75. The van der Waals surface area contributed by atoms with E-state index in [1.165, 1.54) is 20.1 Å². The summed E-state index contributed by atoms with van der Waals surface area (Å²) >= 11 is 0. The van der Waals surface area contributed by atoms with Gasteiger partial charge in [0, 0.05) is 5.39 Å². The van der Waals surface area contributed by atoms with Crippen LogP contribution in [0.25, 0.3) is 10.8 Å². The summed E-state index contributed by atoms with van der Waals surface area (Å²) in [6.45, 7) is 1.27. The first-order valence-corrected chi connectivity index (χ1v) is 8.54. The lowest BCUT2D eigenvalue weighted by molar-refractivity contribution is -0.123. The Bertz CT molecular complexity index is 1100.